The van der Waals surface area contributed by atoms with E-state index in [0.29, 0.717) is 17.3 Å². The van der Waals surface area contributed by atoms with Crippen molar-refractivity contribution < 1.29 is 8.42 Å². The lowest BCUT2D eigenvalue weighted by Gasteiger charge is -2.15. The molecule has 1 saturated heterocycles. The van der Waals surface area contributed by atoms with Crippen LogP contribution in [0.2, 0.25) is 5.15 Å². The number of aromatic nitrogens is 2. The third kappa shape index (κ3) is 3.49. The Morgan fingerprint density at radius 2 is 2.26 bits per heavy atom. The second kappa shape index (κ2) is 5.42. The summed E-state index contributed by atoms with van der Waals surface area (Å²) in [5, 5.41) is 4.87. The van der Waals surface area contributed by atoms with Gasteiger partial charge >= 0.3 is 0 Å². The quantitative estimate of drug-likeness (QED) is 0.903. The highest BCUT2D eigenvalue weighted by Crippen LogP contribution is 2.25. The van der Waals surface area contributed by atoms with Crippen LogP contribution in [-0.4, -0.2) is 35.7 Å². The third-order valence-corrected chi connectivity index (χ3v) is 6.01. The lowest BCUT2D eigenvalue weighted by Crippen LogP contribution is -2.27. The minimum Gasteiger partial charge on any atom is -0.327 e. The number of halogens is 1. The average Bonchev–Trinajstić information content (AvgIpc) is 2.74. The Bertz CT molecular complexity index is 568. The molecule has 2 atom stereocenters. The highest BCUT2D eigenvalue weighted by atomic mass is 35.5. The maximum atomic E-state index is 11.4. The van der Waals surface area contributed by atoms with Gasteiger partial charge in [-0.25, -0.2) is 8.42 Å². The summed E-state index contributed by atoms with van der Waals surface area (Å²) in [7, 11) is -1.02. The SMILES string of the molecule is Cc1nn(C)c(Cl)c1CC(N)CC1CCS(=O)(=O)C1. The van der Waals surface area contributed by atoms with Gasteiger partial charge in [0.2, 0.25) is 0 Å². The Morgan fingerprint density at radius 3 is 2.74 bits per heavy atom. The molecule has 2 heterocycles. The van der Waals surface area contributed by atoms with Gasteiger partial charge in [-0.15, -0.1) is 0 Å². The molecule has 2 N–H and O–H groups in total. The first kappa shape index (κ1) is 14.8. The molecule has 0 bridgehead atoms. The summed E-state index contributed by atoms with van der Waals surface area (Å²) < 4.78 is 24.5. The van der Waals surface area contributed by atoms with Crippen LogP contribution in [0.25, 0.3) is 0 Å². The molecular weight excluding hydrogens is 286 g/mol. The van der Waals surface area contributed by atoms with Gasteiger partial charge in [-0.3, -0.25) is 4.68 Å². The molecule has 0 radical (unpaired) electrons. The zero-order valence-electron chi connectivity index (χ0n) is 11.3. The Labute approximate surface area is 119 Å². The van der Waals surface area contributed by atoms with E-state index in [1.165, 1.54) is 0 Å². The van der Waals surface area contributed by atoms with Crippen molar-refractivity contribution in [3.8, 4) is 0 Å². The smallest absolute Gasteiger partial charge is 0.150 e. The number of aryl methyl sites for hydroxylation is 2. The molecule has 1 aliphatic rings. The van der Waals surface area contributed by atoms with Gasteiger partial charge < -0.3 is 5.73 Å². The Hall–Kier alpha value is -0.590. The third-order valence-electron chi connectivity index (χ3n) is 3.70. The summed E-state index contributed by atoms with van der Waals surface area (Å²) >= 11 is 6.17. The van der Waals surface area contributed by atoms with Crippen LogP contribution in [0.1, 0.15) is 24.1 Å². The molecule has 2 unspecified atom stereocenters. The summed E-state index contributed by atoms with van der Waals surface area (Å²) in [5.41, 5.74) is 7.99. The minimum absolute atomic E-state index is 0.0706. The Kier molecular flexibility index (Phi) is 4.23. The van der Waals surface area contributed by atoms with Gasteiger partial charge in [0.1, 0.15) is 5.15 Å². The van der Waals surface area contributed by atoms with Gasteiger partial charge in [0.25, 0.3) is 0 Å². The molecular formula is C12H20ClN3O2S. The summed E-state index contributed by atoms with van der Waals surface area (Å²) in [4.78, 5) is 0. The molecule has 5 nitrogen and oxygen atoms in total. The van der Waals surface area contributed by atoms with Gasteiger partial charge in [-0.1, -0.05) is 11.6 Å². The second-order valence-corrected chi connectivity index (χ2v) is 8.03. The fraction of sp³-hybridized carbons (Fsp3) is 0.750. The first-order valence-electron chi connectivity index (χ1n) is 6.42. The molecule has 2 rings (SSSR count). The van der Waals surface area contributed by atoms with Crippen LogP contribution in [0, 0.1) is 12.8 Å². The number of hydrogen-bond donors (Lipinski definition) is 1. The van der Waals surface area contributed by atoms with Crippen molar-refractivity contribution in [2.24, 2.45) is 18.7 Å². The van der Waals surface area contributed by atoms with E-state index in [2.05, 4.69) is 5.10 Å². The number of nitrogens with two attached hydrogens (primary N) is 1. The summed E-state index contributed by atoms with van der Waals surface area (Å²) in [6.07, 6.45) is 2.11. The lowest BCUT2D eigenvalue weighted by atomic mass is 9.95. The van der Waals surface area contributed by atoms with Crippen molar-refractivity contribution in [3.63, 3.8) is 0 Å². The first-order chi connectivity index (χ1) is 8.78. The molecule has 1 aromatic rings. The molecule has 0 spiro atoms. The van der Waals surface area contributed by atoms with Crippen molar-refractivity contribution in [3.05, 3.63) is 16.4 Å². The Balaban J connectivity index is 1.96. The highest BCUT2D eigenvalue weighted by Gasteiger charge is 2.29. The van der Waals surface area contributed by atoms with E-state index in [-0.39, 0.29) is 17.7 Å². The molecule has 19 heavy (non-hydrogen) atoms. The zero-order chi connectivity index (χ0) is 14.2. The first-order valence-corrected chi connectivity index (χ1v) is 8.62. The van der Waals surface area contributed by atoms with Crippen LogP contribution in [0.5, 0.6) is 0 Å². The molecule has 0 aliphatic carbocycles. The summed E-state index contributed by atoms with van der Waals surface area (Å²) in [6, 6.07) is -0.0706. The second-order valence-electron chi connectivity index (χ2n) is 5.45. The average molecular weight is 306 g/mol. The topological polar surface area (TPSA) is 78.0 Å². The predicted molar refractivity (Wildman–Crippen MR) is 76.0 cm³/mol. The van der Waals surface area contributed by atoms with Crippen LogP contribution < -0.4 is 5.73 Å². The maximum Gasteiger partial charge on any atom is 0.150 e. The molecule has 108 valence electrons. The van der Waals surface area contributed by atoms with E-state index in [1.807, 2.05) is 6.92 Å². The normalized spacial score (nSPS) is 23.7. The van der Waals surface area contributed by atoms with E-state index >= 15 is 0 Å². The van der Waals surface area contributed by atoms with E-state index in [4.69, 9.17) is 17.3 Å². The number of sulfone groups is 1. The van der Waals surface area contributed by atoms with Crippen molar-refractivity contribution >= 4 is 21.4 Å². The molecule has 0 amide bonds. The van der Waals surface area contributed by atoms with Gasteiger partial charge in [-0.2, -0.15) is 5.10 Å². The van der Waals surface area contributed by atoms with Crippen molar-refractivity contribution in [2.45, 2.75) is 32.2 Å². The van der Waals surface area contributed by atoms with E-state index < -0.39 is 9.84 Å². The summed E-state index contributed by atoms with van der Waals surface area (Å²) in [6.45, 7) is 1.91. The van der Waals surface area contributed by atoms with Crippen LogP contribution in [-0.2, 0) is 23.3 Å². The standard InChI is InChI=1S/C12H20ClN3O2S/c1-8-11(12(13)16(2)15-8)6-10(14)5-9-3-4-19(17,18)7-9/h9-10H,3-7,14H2,1-2H3. The van der Waals surface area contributed by atoms with Crippen LogP contribution in [0.15, 0.2) is 0 Å². The van der Waals surface area contributed by atoms with Crippen LogP contribution in [0.4, 0.5) is 0 Å². The van der Waals surface area contributed by atoms with Crippen molar-refractivity contribution in [1.29, 1.82) is 0 Å². The largest absolute Gasteiger partial charge is 0.327 e. The predicted octanol–water partition coefficient (Wildman–Crippen LogP) is 1.08. The van der Waals surface area contributed by atoms with Gasteiger partial charge in [0, 0.05) is 18.7 Å². The minimum atomic E-state index is -2.82. The Morgan fingerprint density at radius 1 is 1.58 bits per heavy atom. The molecule has 1 aliphatic heterocycles. The molecule has 7 heteroatoms. The fourth-order valence-corrected chi connectivity index (χ4v) is 4.87. The van der Waals surface area contributed by atoms with E-state index in [9.17, 15) is 8.42 Å². The van der Waals surface area contributed by atoms with Crippen molar-refractivity contribution in [2.75, 3.05) is 11.5 Å². The lowest BCUT2D eigenvalue weighted by molar-refractivity contribution is 0.468. The molecule has 0 aromatic carbocycles. The van der Waals surface area contributed by atoms with Crippen molar-refractivity contribution in [1.82, 2.24) is 9.78 Å². The van der Waals surface area contributed by atoms with Gasteiger partial charge in [0.15, 0.2) is 9.84 Å². The van der Waals surface area contributed by atoms with E-state index in [1.54, 1.807) is 11.7 Å². The monoisotopic (exact) mass is 305 g/mol. The fourth-order valence-electron chi connectivity index (χ4n) is 2.74. The van der Waals surface area contributed by atoms with Crippen LogP contribution in [0.3, 0.4) is 0 Å². The molecule has 1 aromatic heterocycles. The molecule has 1 fully saturated rings. The molecule has 0 saturated carbocycles. The van der Waals surface area contributed by atoms with Gasteiger partial charge in [0.05, 0.1) is 17.2 Å². The highest BCUT2D eigenvalue weighted by molar-refractivity contribution is 7.91. The van der Waals surface area contributed by atoms with E-state index in [0.717, 1.165) is 24.1 Å². The number of nitrogens with zero attached hydrogens (tertiary/aromatic N) is 2. The van der Waals surface area contributed by atoms with Gasteiger partial charge in [-0.05, 0) is 32.1 Å². The maximum absolute atomic E-state index is 11.4. The zero-order valence-corrected chi connectivity index (χ0v) is 12.8. The number of rotatable bonds is 4. The van der Waals surface area contributed by atoms with Crippen LogP contribution >= 0.6 is 11.6 Å². The summed E-state index contributed by atoms with van der Waals surface area (Å²) in [5.74, 6) is 0.771. The number of hydrogen-bond acceptors (Lipinski definition) is 4.